The van der Waals surface area contributed by atoms with Crippen LogP contribution in [0.15, 0.2) is 42.5 Å². The predicted octanol–water partition coefficient (Wildman–Crippen LogP) is 2.24. The number of rotatable bonds is 5. The molecule has 0 bridgehead atoms. The van der Waals surface area contributed by atoms with Crippen LogP contribution >= 0.6 is 0 Å². The highest BCUT2D eigenvalue weighted by Gasteiger charge is 2.20. The Morgan fingerprint density at radius 1 is 1.30 bits per heavy atom. The van der Waals surface area contributed by atoms with Gasteiger partial charge in [0.15, 0.2) is 0 Å². The number of nitrogens with zero attached hydrogens (tertiary/aromatic N) is 2. The van der Waals surface area contributed by atoms with Gasteiger partial charge in [-0.2, -0.15) is 5.26 Å². The molecule has 0 saturated heterocycles. The molecule has 0 unspecified atom stereocenters. The number of nitriles is 1. The van der Waals surface area contributed by atoms with Gasteiger partial charge in [-0.3, -0.25) is 14.9 Å². The summed E-state index contributed by atoms with van der Waals surface area (Å²) in [6.07, 6.45) is 0. The number of primary amides is 1. The summed E-state index contributed by atoms with van der Waals surface area (Å²) >= 11 is 0. The molecule has 0 radical (unpaired) electrons. The Morgan fingerprint density at radius 3 is 2.48 bits per heavy atom. The van der Waals surface area contributed by atoms with Gasteiger partial charge in [-0.1, -0.05) is 12.1 Å². The van der Waals surface area contributed by atoms with Crippen LogP contribution in [0.2, 0.25) is 0 Å². The summed E-state index contributed by atoms with van der Waals surface area (Å²) in [5, 5.41) is 22.6. The summed E-state index contributed by atoms with van der Waals surface area (Å²) in [6, 6.07) is 9.53. The van der Waals surface area contributed by atoms with Crippen LogP contribution in [0.1, 0.15) is 17.2 Å². The molecule has 1 atom stereocenters. The molecule has 2 aromatic rings. The molecule has 0 aromatic heterocycles. The SMILES string of the molecule is N#Cc1cc([N+](=O)[O-])ccc1N[C@@H](C(N)=O)c1ccc(F)cc1. The smallest absolute Gasteiger partial charge is 0.270 e. The number of anilines is 1. The Balaban J connectivity index is 2.38. The van der Waals surface area contributed by atoms with Crippen molar-refractivity contribution in [3.8, 4) is 6.07 Å². The number of non-ortho nitro benzene ring substituents is 1. The van der Waals surface area contributed by atoms with Gasteiger partial charge >= 0.3 is 0 Å². The van der Waals surface area contributed by atoms with Crippen molar-refractivity contribution in [2.75, 3.05) is 5.32 Å². The van der Waals surface area contributed by atoms with Crippen LogP contribution in [0.5, 0.6) is 0 Å². The Bertz CT molecular complexity index is 799. The summed E-state index contributed by atoms with van der Waals surface area (Å²) in [5.74, 6) is -1.20. The summed E-state index contributed by atoms with van der Waals surface area (Å²) in [6.45, 7) is 0. The minimum absolute atomic E-state index is 0.00689. The number of hydrogen-bond acceptors (Lipinski definition) is 5. The van der Waals surface area contributed by atoms with Gasteiger partial charge in [0.25, 0.3) is 5.69 Å². The Kier molecular flexibility index (Phi) is 4.52. The highest BCUT2D eigenvalue weighted by Crippen LogP contribution is 2.26. The summed E-state index contributed by atoms with van der Waals surface area (Å²) < 4.78 is 13.0. The zero-order valence-corrected chi connectivity index (χ0v) is 11.7. The van der Waals surface area contributed by atoms with E-state index < -0.39 is 22.7 Å². The van der Waals surface area contributed by atoms with E-state index in [4.69, 9.17) is 11.0 Å². The lowest BCUT2D eigenvalue weighted by molar-refractivity contribution is -0.384. The Hall–Kier alpha value is -3.47. The average Bonchev–Trinajstić information content (AvgIpc) is 2.53. The number of amides is 1. The van der Waals surface area contributed by atoms with Crippen LogP contribution in [-0.2, 0) is 4.79 Å². The van der Waals surface area contributed by atoms with Gasteiger partial charge < -0.3 is 11.1 Å². The van der Waals surface area contributed by atoms with Gasteiger partial charge in [-0.15, -0.1) is 0 Å². The number of hydrogen-bond donors (Lipinski definition) is 2. The fraction of sp³-hybridized carbons (Fsp3) is 0.0667. The lowest BCUT2D eigenvalue weighted by Crippen LogP contribution is -2.28. The van der Waals surface area contributed by atoms with E-state index in [0.29, 0.717) is 5.56 Å². The molecule has 0 spiro atoms. The third-order valence-corrected chi connectivity index (χ3v) is 3.12. The fourth-order valence-electron chi connectivity index (χ4n) is 1.99. The van der Waals surface area contributed by atoms with Crippen LogP contribution in [0, 0.1) is 27.3 Å². The molecule has 1 amide bonds. The van der Waals surface area contributed by atoms with E-state index in [0.717, 1.165) is 6.07 Å². The molecule has 0 aliphatic heterocycles. The van der Waals surface area contributed by atoms with Crippen molar-refractivity contribution in [3.63, 3.8) is 0 Å². The van der Waals surface area contributed by atoms with Gasteiger partial charge in [0.2, 0.25) is 5.91 Å². The first kappa shape index (κ1) is 15.9. The third kappa shape index (κ3) is 3.59. The number of benzene rings is 2. The van der Waals surface area contributed by atoms with Crippen molar-refractivity contribution in [1.29, 1.82) is 5.26 Å². The van der Waals surface area contributed by atoms with Crippen molar-refractivity contribution in [2.24, 2.45) is 5.73 Å². The quantitative estimate of drug-likeness (QED) is 0.647. The lowest BCUT2D eigenvalue weighted by atomic mass is 10.0. The van der Waals surface area contributed by atoms with Crippen molar-refractivity contribution >= 4 is 17.3 Å². The van der Waals surface area contributed by atoms with Crippen LogP contribution in [-0.4, -0.2) is 10.8 Å². The molecule has 23 heavy (non-hydrogen) atoms. The fourth-order valence-corrected chi connectivity index (χ4v) is 1.99. The van der Waals surface area contributed by atoms with Gasteiger partial charge in [-0.05, 0) is 23.8 Å². The second-order valence-electron chi connectivity index (χ2n) is 4.63. The number of halogens is 1. The number of nitrogens with one attached hydrogen (secondary N) is 1. The molecule has 2 rings (SSSR count). The number of carbonyl (C=O) groups excluding carboxylic acids is 1. The molecule has 2 aromatic carbocycles. The van der Waals surface area contributed by atoms with Crippen LogP contribution in [0.4, 0.5) is 15.8 Å². The normalized spacial score (nSPS) is 11.3. The predicted molar refractivity (Wildman–Crippen MR) is 79.8 cm³/mol. The topological polar surface area (TPSA) is 122 Å². The van der Waals surface area contributed by atoms with Crippen molar-refractivity contribution in [1.82, 2.24) is 0 Å². The first-order valence-corrected chi connectivity index (χ1v) is 6.42. The number of nitrogens with two attached hydrogens (primary N) is 1. The third-order valence-electron chi connectivity index (χ3n) is 3.12. The first-order valence-electron chi connectivity index (χ1n) is 6.42. The van der Waals surface area contributed by atoms with Crippen molar-refractivity contribution in [2.45, 2.75) is 6.04 Å². The van der Waals surface area contributed by atoms with E-state index in [1.807, 2.05) is 6.07 Å². The molecule has 116 valence electrons. The van der Waals surface area contributed by atoms with E-state index in [1.165, 1.54) is 36.4 Å². The Morgan fingerprint density at radius 2 is 1.96 bits per heavy atom. The maximum atomic E-state index is 13.0. The monoisotopic (exact) mass is 314 g/mol. The molecule has 0 saturated carbocycles. The standard InChI is InChI=1S/C15H11FN4O3/c16-11-3-1-9(2-4-11)14(15(18)21)19-13-6-5-12(20(22)23)7-10(13)8-17/h1-7,14,19H,(H2,18,21)/t14-/m1/s1. The largest absolute Gasteiger partial charge is 0.369 e. The summed E-state index contributed by atoms with van der Waals surface area (Å²) in [5.41, 5.74) is 5.70. The zero-order chi connectivity index (χ0) is 17.0. The second kappa shape index (κ2) is 6.53. The lowest BCUT2D eigenvalue weighted by Gasteiger charge is -2.18. The molecule has 3 N–H and O–H groups in total. The van der Waals surface area contributed by atoms with Gasteiger partial charge in [0.1, 0.15) is 17.9 Å². The van der Waals surface area contributed by atoms with Crippen LogP contribution in [0.3, 0.4) is 0 Å². The molecular weight excluding hydrogens is 303 g/mol. The Labute approximate surface area is 130 Å². The minimum atomic E-state index is -1.01. The van der Waals surface area contributed by atoms with E-state index in [1.54, 1.807) is 0 Å². The van der Waals surface area contributed by atoms with E-state index in [9.17, 15) is 19.3 Å². The van der Waals surface area contributed by atoms with Gasteiger partial charge in [-0.25, -0.2) is 4.39 Å². The van der Waals surface area contributed by atoms with Gasteiger partial charge in [0, 0.05) is 12.1 Å². The van der Waals surface area contributed by atoms with E-state index >= 15 is 0 Å². The molecule has 0 aliphatic carbocycles. The average molecular weight is 314 g/mol. The van der Waals surface area contributed by atoms with Crippen LogP contribution in [0.25, 0.3) is 0 Å². The van der Waals surface area contributed by atoms with E-state index in [2.05, 4.69) is 5.32 Å². The maximum absolute atomic E-state index is 13.0. The number of nitro groups is 1. The molecule has 8 heteroatoms. The molecule has 0 aliphatic rings. The van der Waals surface area contributed by atoms with E-state index in [-0.39, 0.29) is 16.9 Å². The molecular formula is C15H11FN4O3. The summed E-state index contributed by atoms with van der Waals surface area (Å²) in [4.78, 5) is 21.7. The van der Waals surface area contributed by atoms with Crippen molar-refractivity contribution < 1.29 is 14.1 Å². The zero-order valence-electron chi connectivity index (χ0n) is 11.7. The highest BCUT2D eigenvalue weighted by molar-refractivity contribution is 5.85. The molecule has 0 fully saturated rings. The first-order chi connectivity index (χ1) is 10.9. The number of carbonyl (C=O) groups is 1. The number of nitro benzene ring substituents is 1. The maximum Gasteiger partial charge on any atom is 0.270 e. The minimum Gasteiger partial charge on any atom is -0.369 e. The van der Waals surface area contributed by atoms with Gasteiger partial charge in [0.05, 0.1) is 16.2 Å². The van der Waals surface area contributed by atoms with Crippen molar-refractivity contribution in [3.05, 3.63) is 69.5 Å². The highest BCUT2D eigenvalue weighted by atomic mass is 19.1. The second-order valence-corrected chi connectivity index (χ2v) is 4.63. The molecule has 7 nitrogen and oxygen atoms in total. The van der Waals surface area contributed by atoms with Crippen LogP contribution < -0.4 is 11.1 Å². The molecule has 0 heterocycles. The summed E-state index contributed by atoms with van der Waals surface area (Å²) in [7, 11) is 0.